The Morgan fingerprint density at radius 3 is 2.68 bits per heavy atom. The quantitative estimate of drug-likeness (QED) is 0.783. The van der Waals surface area contributed by atoms with Crippen molar-refractivity contribution in [2.45, 2.75) is 32.7 Å². The summed E-state index contributed by atoms with van der Waals surface area (Å²) in [5.41, 5.74) is 7.50. The molecule has 2 rings (SSSR count). The van der Waals surface area contributed by atoms with E-state index < -0.39 is 0 Å². The molecule has 3 nitrogen and oxygen atoms in total. The largest absolute Gasteiger partial charge is 0.494 e. The Balaban J connectivity index is 1.98. The van der Waals surface area contributed by atoms with Crippen LogP contribution in [0.15, 0.2) is 24.3 Å². The van der Waals surface area contributed by atoms with Crippen LogP contribution >= 0.6 is 0 Å². The Bertz CT molecular complexity index is 390. The molecule has 0 bridgehead atoms. The van der Waals surface area contributed by atoms with Crippen LogP contribution in [0.3, 0.4) is 0 Å². The SMILES string of the molecule is CCOc1ccccc1C(N)CN(CC)CC1CC1. The van der Waals surface area contributed by atoms with Gasteiger partial charge < -0.3 is 15.4 Å². The van der Waals surface area contributed by atoms with Gasteiger partial charge in [-0.3, -0.25) is 0 Å². The van der Waals surface area contributed by atoms with Crippen molar-refractivity contribution < 1.29 is 4.74 Å². The van der Waals surface area contributed by atoms with Crippen molar-refractivity contribution in [1.82, 2.24) is 4.90 Å². The number of hydrogen-bond donors (Lipinski definition) is 1. The van der Waals surface area contributed by atoms with Gasteiger partial charge in [-0.25, -0.2) is 0 Å². The first-order chi connectivity index (χ1) is 9.24. The van der Waals surface area contributed by atoms with Crippen LogP contribution in [0.25, 0.3) is 0 Å². The number of likely N-dealkylation sites (N-methyl/N-ethyl adjacent to an activating group) is 1. The Hall–Kier alpha value is -1.06. The lowest BCUT2D eigenvalue weighted by atomic mass is 10.1. The minimum atomic E-state index is 0.0291. The lowest BCUT2D eigenvalue weighted by Crippen LogP contribution is -2.33. The standard InChI is InChI=1S/C16H26N2O/c1-3-18(11-13-9-10-13)12-15(17)14-7-5-6-8-16(14)19-4-2/h5-8,13,15H,3-4,9-12,17H2,1-2H3. The molecule has 19 heavy (non-hydrogen) atoms. The normalized spacial score (nSPS) is 16.6. The number of benzene rings is 1. The summed E-state index contributed by atoms with van der Waals surface area (Å²) in [5, 5.41) is 0. The maximum Gasteiger partial charge on any atom is 0.124 e. The molecule has 1 fully saturated rings. The number of para-hydroxylation sites is 1. The Labute approximate surface area is 116 Å². The Kier molecular flexibility index (Phi) is 5.23. The molecule has 0 heterocycles. The molecule has 0 radical (unpaired) electrons. The van der Waals surface area contributed by atoms with Crippen molar-refractivity contribution in [3.8, 4) is 5.75 Å². The van der Waals surface area contributed by atoms with Crippen molar-refractivity contribution in [3.05, 3.63) is 29.8 Å². The molecule has 0 aromatic heterocycles. The Morgan fingerprint density at radius 2 is 2.05 bits per heavy atom. The van der Waals surface area contributed by atoms with E-state index in [0.717, 1.165) is 30.3 Å². The summed E-state index contributed by atoms with van der Waals surface area (Å²) >= 11 is 0. The van der Waals surface area contributed by atoms with Gasteiger partial charge in [-0.1, -0.05) is 25.1 Å². The molecule has 106 valence electrons. The van der Waals surface area contributed by atoms with E-state index in [1.54, 1.807) is 0 Å². The monoisotopic (exact) mass is 262 g/mol. The Morgan fingerprint density at radius 1 is 1.32 bits per heavy atom. The molecule has 0 amide bonds. The first-order valence-electron chi connectivity index (χ1n) is 7.44. The van der Waals surface area contributed by atoms with Crippen LogP contribution in [0.5, 0.6) is 5.75 Å². The molecule has 1 aromatic carbocycles. The second-order valence-electron chi connectivity index (χ2n) is 5.37. The fourth-order valence-corrected chi connectivity index (χ4v) is 2.45. The molecule has 1 aliphatic carbocycles. The van der Waals surface area contributed by atoms with Crippen molar-refractivity contribution in [3.63, 3.8) is 0 Å². The van der Waals surface area contributed by atoms with Crippen LogP contribution in [-0.2, 0) is 0 Å². The molecule has 1 aliphatic rings. The highest BCUT2D eigenvalue weighted by Crippen LogP contribution is 2.30. The molecule has 1 aromatic rings. The molecule has 0 spiro atoms. The third-order valence-electron chi connectivity index (χ3n) is 3.73. The fraction of sp³-hybridized carbons (Fsp3) is 0.625. The molecule has 3 heteroatoms. The van der Waals surface area contributed by atoms with Gasteiger partial charge in [-0.15, -0.1) is 0 Å². The van der Waals surface area contributed by atoms with Crippen molar-refractivity contribution in [2.75, 3.05) is 26.2 Å². The first kappa shape index (κ1) is 14.4. The number of ether oxygens (including phenoxy) is 1. The van der Waals surface area contributed by atoms with Gasteiger partial charge in [0, 0.05) is 24.7 Å². The van der Waals surface area contributed by atoms with Crippen LogP contribution in [0, 0.1) is 5.92 Å². The predicted octanol–water partition coefficient (Wildman–Crippen LogP) is 2.82. The maximum absolute atomic E-state index is 6.38. The zero-order valence-corrected chi connectivity index (χ0v) is 12.1. The average Bonchev–Trinajstić information content (AvgIpc) is 3.23. The summed E-state index contributed by atoms with van der Waals surface area (Å²) in [5.74, 6) is 1.84. The minimum Gasteiger partial charge on any atom is -0.494 e. The van der Waals surface area contributed by atoms with E-state index in [2.05, 4.69) is 17.9 Å². The fourth-order valence-electron chi connectivity index (χ4n) is 2.45. The summed E-state index contributed by atoms with van der Waals surface area (Å²) in [6.45, 7) is 8.08. The number of nitrogens with zero attached hydrogens (tertiary/aromatic N) is 1. The topological polar surface area (TPSA) is 38.5 Å². The lowest BCUT2D eigenvalue weighted by Gasteiger charge is -2.25. The second kappa shape index (κ2) is 6.92. The lowest BCUT2D eigenvalue weighted by molar-refractivity contribution is 0.256. The first-order valence-corrected chi connectivity index (χ1v) is 7.44. The van der Waals surface area contributed by atoms with Gasteiger partial charge in [0.15, 0.2) is 0 Å². The van der Waals surface area contributed by atoms with E-state index in [1.165, 1.54) is 19.4 Å². The van der Waals surface area contributed by atoms with Crippen LogP contribution in [0.2, 0.25) is 0 Å². The summed E-state index contributed by atoms with van der Waals surface area (Å²) in [6.07, 6.45) is 2.78. The third-order valence-corrected chi connectivity index (χ3v) is 3.73. The van der Waals surface area contributed by atoms with Gasteiger partial charge >= 0.3 is 0 Å². The average molecular weight is 262 g/mol. The molecule has 1 atom stereocenters. The summed E-state index contributed by atoms with van der Waals surface area (Å²) in [7, 11) is 0. The van der Waals surface area contributed by atoms with Gasteiger partial charge in [0.1, 0.15) is 5.75 Å². The van der Waals surface area contributed by atoms with E-state index in [0.29, 0.717) is 6.61 Å². The predicted molar refractivity (Wildman–Crippen MR) is 79.4 cm³/mol. The molecule has 0 aliphatic heterocycles. The maximum atomic E-state index is 6.38. The van der Waals surface area contributed by atoms with Gasteiger partial charge in [-0.05, 0) is 38.3 Å². The molecular weight excluding hydrogens is 236 g/mol. The van der Waals surface area contributed by atoms with Crippen LogP contribution in [0.4, 0.5) is 0 Å². The van der Waals surface area contributed by atoms with E-state index in [1.807, 2.05) is 25.1 Å². The molecule has 0 saturated heterocycles. The van der Waals surface area contributed by atoms with Crippen LogP contribution in [0.1, 0.15) is 38.3 Å². The highest BCUT2D eigenvalue weighted by Gasteiger charge is 2.25. The van der Waals surface area contributed by atoms with Crippen LogP contribution < -0.4 is 10.5 Å². The van der Waals surface area contributed by atoms with Gasteiger partial charge in [0.25, 0.3) is 0 Å². The van der Waals surface area contributed by atoms with Gasteiger partial charge in [0.2, 0.25) is 0 Å². The smallest absolute Gasteiger partial charge is 0.124 e. The summed E-state index contributed by atoms with van der Waals surface area (Å²) < 4.78 is 5.67. The highest BCUT2D eigenvalue weighted by atomic mass is 16.5. The third kappa shape index (κ3) is 4.22. The zero-order chi connectivity index (χ0) is 13.7. The van der Waals surface area contributed by atoms with Gasteiger partial charge in [-0.2, -0.15) is 0 Å². The summed E-state index contributed by atoms with van der Waals surface area (Å²) in [6, 6.07) is 8.16. The van der Waals surface area contributed by atoms with Crippen molar-refractivity contribution in [2.24, 2.45) is 11.7 Å². The van der Waals surface area contributed by atoms with E-state index in [4.69, 9.17) is 10.5 Å². The molecule has 1 unspecified atom stereocenters. The number of hydrogen-bond acceptors (Lipinski definition) is 3. The van der Waals surface area contributed by atoms with Crippen molar-refractivity contribution in [1.29, 1.82) is 0 Å². The second-order valence-corrected chi connectivity index (χ2v) is 5.37. The minimum absolute atomic E-state index is 0.0291. The summed E-state index contributed by atoms with van der Waals surface area (Å²) in [4.78, 5) is 2.46. The number of nitrogens with two attached hydrogens (primary N) is 1. The van der Waals surface area contributed by atoms with E-state index in [9.17, 15) is 0 Å². The molecule has 1 saturated carbocycles. The van der Waals surface area contributed by atoms with E-state index in [-0.39, 0.29) is 6.04 Å². The zero-order valence-electron chi connectivity index (χ0n) is 12.1. The van der Waals surface area contributed by atoms with Crippen molar-refractivity contribution >= 4 is 0 Å². The van der Waals surface area contributed by atoms with Gasteiger partial charge in [0.05, 0.1) is 6.61 Å². The highest BCUT2D eigenvalue weighted by molar-refractivity contribution is 5.35. The van der Waals surface area contributed by atoms with Crippen LogP contribution in [-0.4, -0.2) is 31.1 Å². The molecular formula is C16H26N2O. The number of rotatable bonds is 8. The molecule has 2 N–H and O–H groups in total. The van der Waals surface area contributed by atoms with E-state index >= 15 is 0 Å².